The lowest BCUT2D eigenvalue weighted by molar-refractivity contribution is 0.319. The van der Waals surface area contributed by atoms with Crippen LogP contribution >= 0.6 is 0 Å². The van der Waals surface area contributed by atoms with Gasteiger partial charge in [-0.25, -0.2) is 9.97 Å². The number of ether oxygens (including phenoxy) is 1. The minimum Gasteiger partial charge on any atom is -0.494 e. The molecule has 1 heterocycles. The van der Waals surface area contributed by atoms with Crippen molar-refractivity contribution in [3.05, 3.63) is 53.6 Å². The van der Waals surface area contributed by atoms with Crippen LogP contribution < -0.4 is 4.74 Å². The normalized spacial score (nSPS) is 20.1. The molecule has 3 heteroatoms. The van der Waals surface area contributed by atoms with Gasteiger partial charge in [0.05, 0.1) is 19.5 Å². The van der Waals surface area contributed by atoms with E-state index in [-0.39, 0.29) is 0 Å². The molecule has 0 bridgehead atoms. The minimum atomic E-state index is 0.512. The van der Waals surface area contributed by atoms with Gasteiger partial charge < -0.3 is 4.74 Å². The molecule has 0 amide bonds. The molecule has 124 valence electrons. The van der Waals surface area contributed by atoms with Crippen LogP contribution in [0.1, 0.15) is 61.9 Å². The fourth-order valence-electron chi connectivity index (χ4n) is 3.36. The van der Waals surface area contributed by atoms with Crippen molar-refractivity contribution >= 4 is 0 Å². The van der Waals surface area contributed by atoms with E-state index in [4.69, 9.17) is 4.74 Å². The lowest BCUT2D eigenvalue weighted by Crippen LogP contribution is -2.12. The molecule has 3 nitrogen and oxygen atoms in total. The second kappa shape index (κ2) is 7.97. The summed E-state index contributed by atoms with van der Waals surface area (Å²) >= 11 is 0. The Labute approximate surface area is 144 Å². The van der Waals surface area contributed by atoms with Gasteiger partial charge >= 0.3 is 0 Å². The maximum atomic E-state index is 5.04. The lowest BCUT2D eigenvalue weighted by Gasteiger charge is -2.28. The van der Waals surface area contributed by atoms with Crippen molar-refractivity contribution in [2.45, 2.75) is 44.9 Å². The lowest BCUT2D eigenvalue weighted by atomic mass is 9.78. The predicted molar refractivity (Wildman–Crippen MR) is 96.0 cm³/mol. The molecule has 24 heavy (non-hydrogen) atoms. The molecule has 1 fully saturated rings. The maximum absolute atomic E-state index is 5.04. The largest absolute Gasteiger partial charge is 0.494 e. The molecule has 0 unspecified atom stereocenters. The second-order valence-corrected chi connectivity index (χ2v) is 6.44. The first-order valence-electron chi connectivity index (χ1n) is 8.76. The molecule has 1 aliphatic rings. The number of hydrogen-bond acceptors (Lipinski definition) is 3. The highest BCUT2D eigenvalue weighted by Gasteiger charge is 2.20. The topological polar surface area (TPSA) is 35.0 Å². The zero-order valence-electron chi connectivity index (χ0n) is 14.5. The van der Waals surface area contributed by atoms with Gasteiger partial charge in [-0.15, -0.1) is 0 Å². The Morgan fingerprint density at radius 1 is 1.00 bits per heavy atom. The van der Waals surface area contributed by atoms with E-state index < -0.39 is 0 Å². The Bertz CT molecular complexity index is 702. The first kappa shape index (κ1) is 16.5. The van der Waals surface area contributed by atoms with Crippen molar-refractivity contribution in [2.24, 2.45) is 5.92 Å². The number of methoxy groups -OCH3 is 1. The van der Waals surface area contributed by atoms with Crippen molar-refractivity contribution < 1.29 is 4.74 Å². The smallest absolute Gasteiger partial charge is 0.205 e. The molecule has 0 aliphatic heterocycles. The highest BCUT2D eigenvalue weighted by Crippen LogP contribution is 2.36. The van der Waals surface area contributed by atoms with Gasteiger partial charge in [-0.3, -0.25) is 0 Å². The van der Waals surface area contributed by atoms with Crippen LogP contribution in [0.5, 0.6) is 5.75 Å². The van der Waals surface area contributed by atoms with E-state index in [1.54, 1.807) is 19.5 Å². The average molecular weight is 320 g/mol. The molecular formula is C21H24N2O. The second-order valence-electron chi connectivity index (χ2n) is 6.44. The monoisotopic (exact) mass is 320 g/mol. The Balaban J connectivity index is 1.63. The summed E-state index contributed by atoms with van der Waals surface area (Å²) in [6.07, 6.45) is 9.98. The molecule has 0 saturated heterocycles. The molecule has 1 saturated carbocycles. The van der Waals surface area contributed by atoms with Crippen molar-refractivity contribution in [1.82, 2.24) is 9.97 Å². The van der Waals surface area contributed by atoms with E-state index in [9.17, 15) is 0 Å². The summed E-state index contributed by atoms with van der Waals surface area (Å²) in [6.45, 7) is 2.31. The van der Waals surface area contributed by atoms with Gasteiger partial charge in [0.2, 0.25) is 5.82 Å². The van der Waals surface area contributed by atoms with Crippen LogP contribution in [0.2, 0.25) is 0 Å². The third-order valence-electron chi connectivity index (χ3n) is 4.99. The van der Waals surface area contributed by atoms with Gasteiger partial charge in [0, 0.05) is 5.56 Å². The van der Waals surface area contributed by atoms with Gasteiger partial charge in [-0.2, -0.15) is 0 Å². The van der Waals surface area contributed by atoms with Crippen molar-refractivity contribution in [3.63, 3.8) is 0 Å². The van der Waals surface area contributed by atoms with Crippen LogP contribution in [-0.4, -0.2) is 17.1 Å². The number of nitrogens with zero attached hydrogens (tertiary/aromatic N) is 2. The summed E-state index contributed by atoms with van der Waals surface area (Å²) in [4.78, 5) is 8.32. The first-order valence-corrected chi connectivity index (χ1v) is 8.76. The summed E-state index contributed by atoms with van der Waals surface area (Å²) in [5.74, 6) is 8.94. The summed E-state index contributed by atoms with van der Waals surface area (Å²) in [5, 5.41) is 0. The van der Waals surface area contributed by atoms with Crippen molar-refractivity contribution in [3.8, 4) is 17.6 Å². The van der Waals surface area contributed by atoms with Crippen molar-refractivity contribution in [2.75, 3.05) is 7.11 Å². The quantitative estimate of drug-likeness (QED) is 0.777. The standard InChI is InChI=1S/C21H24N2O/c1-3-16-4-9-18(10-5-16)19-11-6-17(7-12-19)8-13-21-22-14-20(24-2)15-23-21/h6-7,11-12,14-16,18H,3-5,9-10H2,1-2H3/t16-,18-. The molecule has 0 radical (unpaired) electrons. The van der Waals surface area contributed by atoms with Crippen LogP contribution in [0.25, 0.3) is 0 Å². The number of benzene rings is 1. The molecule has 0 spiro atoms. The van der Waals surface area contributed by atoms with Gasteiger partial charge in [-0.1, -0.05) is 31.4 Å². The van der Waals surface area contributed by atoms with Crippen molar-refractivity contribution in [1.29, 1.82) is 0 Å². The Kier molecular flexibility index (Phi) is 5.48. The average Bonchev–Trinajstić information content (AvgIpc) is 2.67. The van der Waals surface area contributed by atoms with Gasteiger partial charge in [0.1, 0.15) is 0 Å². The molecule has 0 atom stereocenters. The molecule has 2 aromatic rings. The molecule has 0 N–H and O–H groups in total. The van der Waals surface area contributed by atoms with E-state index in [1.165, 1.54) is 37.7 Å². The van der Waals surface area contributed by atoms with E-state index >= 15 is 0 Å². The Morgan fingerprint density at radius 3 is 2.25 bits per heavy atom. The van der Waals surface area contributed by atoms with Crippen LogP contribution in [0.3, 0.4) is 0 Å². The maximum Gasteiger partial charge on any atom is 0.205 e. The van der Waals surface area contributed by atoms with Gasteiger partial charge in [0.15, 0.2) is 5.75 Å². The molecule has 1 aromatic carbocycles. The summed E-state index contributed by atoms with van der Waals surface area (Å²) < 4.78 is 5.04. The molecule has 1 aromatic heterocycles. The van der Waals surface area contributed by atoms with E-state index in [0.29, 0.717) is 11.6 Å². The van der Waals surface area contributed by atoms with E-state index in [0.717, 1.165) is 17.4 Å². The van der Waals surface area contributed by atoms with E-state index in [1.807, 2.05) is 0 Å². The van der Waals surface area contributed by atoms with Crippen LogP contribution in [0.15, 0.2) is 36.7 Å². The predicted octanol–water partition coefficient (Wildman–Crippen LogP) is 4.57. The highest BCUT2D eigenvalue weighted by atomic mass is 16.5. The molecular weight excluding hydrogens is 296 g/mol. The third kappa shape index (κ3) is 4.14. The fourth-order valence-corrected chi connectivity index (χ4v) is 3.36. The number of aromatic nitrogens is 2. The van der Waals surface area contributed by atoms with Gasteiger partial charge in [-0.05, 0) is 61.1 Å². The molecule has 1 aliphatic carbocycles. The van der Waals surface area contributed by atoms with E-state index in [2.05, 4.69) is 53.0 Å². The number of hydrogen-bond donors (Lipinski definition) is 0. The fraction of sp³-hybridized carbons (Fsp3) is 0.429. The Morgan fingerprint density at radius 2 is 1.67 bits per heavy atom. The summed E-state index contributed by atoms with van der Waals surface area (Å²) in [6, 6.07) is 8.68. The first-order chi connectivity index (χ1) is 11.8. The minimum absolute atomic E-state index is 0.512. The number of rotatable bonds is 3. The van der Waals surface area contributed by atoms with Crippen LogP contribution in [0.4, 0.5) is 0 Å². The summed E-state index contributed by atoms with van der Waals surface area (Å²) in [5.41, 5.74) is 2.45. The zero-order chi connectivity index (χ0) is 16.8. The third-order valence-corrected chi connectivity index (χ3v) is 4.99. The van der Waals surface area contributed by atoms with Crippen LogP contribution in [-0.2, 0) is 0 Å². The summed E-state index contributed by atoms with van der Waals surface area (Å²) in [7, 11) is 1.60. The zero-order valence-corrected chi connectivity index (χ0v) is 14.5. The highest BCUT2D eigenvalue weighted by molar-refractivity contribution is 5.40. The van der Waals surface area contributed by atoms with Gasteiger partial charge in [0.25, 0.3) is 0 Å². The molecule has 3 rings (SSSR count). The SMILES string of the molecule is CC[C@H]1CC[C@H](c2ccc(C#Cc3ncc(OC)cn3)cc2)CC1. The Hall–Kier alpha value is -2.34. The van der Waals surface area contributed by atoms with Crippen LogP contribution in [0, 0.1) is 17.8 Å².